The largest absolute Gasteiger partial charge is 0.491 e. The molecule has 46 heavy (non-hydrogen) atoms. The number of carboxylic acids is 1. The van der Waals surface area contributed by atoms with Gasteiger partial charge in [-0.2, -0.15) is 0 Å². The number of aromatic carboxylic acids is 1. The molecule has 236 valence electrons. The second-order valence-electron chi connectivity index (χ2n) is 10.9. The molecule has 9 nitrogen and oxygen atoms in total. The van der Waals surface area contributed by atoms with E-state index in [9.17, 15) is 19.1 Å². The van der Waals surface area contributed by atoms with Gasteiger partial charge in [0.25, 0.3) is 5.91 Å². The van der Waals surface area contributed by atoms with Crippen molar-refractivity contribution < 1.29 is 23.8 Å². The fourth-order valence-corrected chi connectivity index (χ4v) is 7.99. The quantitative estimate of drug-likeness (QED) is 0.130. The fourth-order valence-electron chi connectivity index (χ4n) is 4.98. The lowest BCUT2D eigenvalue weighted by Crippen LogP contribution is -2.30. The number of amides is 1. The van der Waals surface area contributed by atoms with Crippen LogP contribution in [0.5, 0.6) is 5.75 Å². The zero-order chi connectivity index (χ0) is 32.2. The number of aryl methyl sites for hydroxylation is 1. The third-order valence-corrected chi connectivity index (χ3v) is 10.4. The van der Waals surface area contributed by atoms with E-state index in [1.807, 2.05) is 53.5 Å². The highest BCUT2D eigenvalue weighted by atomic mass is 32.1. The van der Waals surface area contributed by atoms with E-state index >= 15 is 0 Å². The van der Waals surface area contributed by atoms with E-state index in [0.717, 1.165) is 27.1 Å². The van der Waals surface area contributed by atoms with Crippen LogP contribution in [0.15, 0.2) is 47.8 Å². The van der Waals surface area contributed by atoms with Crippen LogP contribution < -0.4 is 15.0 Å². The standard InChI is InChI=1S/C33H30FN5O4S3/c1-38(2)14-5-7-20-11-12-25(23(34)17-20)43-16-6-10-28-29(31(41)42)36-33(46-28)39-15-13-26-21(18-39)22(19-44-26)30(40)37-32-35-24-8-3-4-9-27(24)45-32/h3-4,8-9,11-12,17,19H,6,10,13-16,18H2,1-2H3,(H,41,42)(H,35,37,40). The molecule has 0 spiro atoms. The minimum absolute atomic E-state index is 0.0109. The minimum Gasteiger partial charge on any atom is -0.491 e. The van der Waals surface area contributed by atoms with Crippen LogP contribution in [0.2, 0.25) is 0 Å². The highest BCUT2D eigenvalue weighted by Crippen LogP contribution is 2.35. The van der Waals surface area contributed by atoms with Crippen molar-refractivity contribution >= 4 is 66.4 Å². The molecule has 1 aliphatic rings. The number of hydrogen-bond acceptors (Lipinski definition) is 10. The Morgan fingerprint density at radius 3 is 2.80 bits per heavy atom. The van der Waals surface area contributed by atoms with Gasteiger partial charge in [0.2, 0.25) is 0 Å². The molecule has 13 heteroatoms. The lowest BCUT2D eigenvalue weighted by atomic mass is 10.0. The highest BCUT2D eigenvalue weighted by molar-refractivity contribution is 7.22. The summed E-state index contributed by atoms with van der Waals surface area (Å²) >= 11 is 4.32. The summed E-state index contributed by atoms with van der Waals surface area (Å²) in [6.07, 6.45) is 1.63. The van der Waals surface area contributed by atoms with Gasteiger partial charge in [-0.25, -0.2) is 19.2 Å². The SMILES string of the molecule is CN(C)CC#Cc1ccc(OCCCc2sc(N3CCc4scc(C(=O)Nc5nc6ccccc6s5)c4C3)nc2C(=O)O)c(F)c1. The monoisotopic (exact) mass is 675 g/mol. The Hall–Kier alpha value is -4.35. The number of thiophene rings is 1. The first kappa shape index (κ1) is 31.6. The summed E-state index contributed by atoms with van der Waals surface area (Å²) in [4.78, 5) is 40.1. The van der Waals surface area contributed by atoms with Crippen LogP contribution in [0, 0.1) is 17.7 Å². The van der Waals surface area contributed by atoms with E-state index < -0.39 is 11.8 Å². The van der Waals surface area contributed by atoms with Crippen molar-refractivity contribution in [1.82, 2.24) is 14.9 Å². The Morgan fingerprint density at radius 1 is 1.17 bits per heavy atom. The van der Waals surface area contributed by atoms with Gasteiger partial charge in [-0.3, -0.25) is 15.0 Å². The van der Waals surface area contributed by atoms with Crippen LogP contribution in [-0.2, 0) is 19.4 Å². The van der Waals surface area contributed by atoms with E-state index in [2.05, 4.69) is 27.1 Å². The Balaban J connectivity index is 1.09. The summed E-state index contributed by atoms with van der Waals surface area (Å²) in [6, 6.07) is 12.4. The first-order valence-corrected chi connectivity index (χ1v) is 17.1. The molecular formula is C33H30FN5O4S3. The maximum Gasteiger partial charge on any atom is 0.355 e. The average Bonchev–Trinajstić information content (AvgIpc) is 3.76. The Bertz CT molecular complexity index is 1940. The van der Waals surface area contributed by atoms with Crippen LogP contribution in [-0.4, -0.2) is 65.6 Å². The summed E-state index contributed by atoms with van der Waals surface area (Å²) in [5.41, 5.74) is 2.94. The van der Waals surface area contributed by atoms with Crippen molar-refractivity contribution in [1.29, 1.82) is 0 Å². The average molecular weight is 676 g/mol. The van der Waals surface area contributed by atoms with E-state index in [4.69, 9.17) is 4.74 Å². The number of fused-ring (bicyclic) bond motifs is 2. The molecule has 0 unspecified atom stereocenters. The third-order valence-electron chi connectivity index (χ3n) is 7.22. The van der Waals surface area contributed by atoms with E-state index in [0.29, 0.717) is 58.7 Å². The molecule has 0 fully saturated rings. The maximum atomic E-state index is 14.6. The van der Waals surface area contributed by atoms with Gasteiger partial charge in [-0.05, 0) is 69.3 Å². The van der Waals surface area contributed by atoms with Crippen LogP contribution in [0.1, 0.15) is 48.1 Å². The predicted octanol–water partition coefficient (Wildman–Crippen LogP) is 6.39. The van der Waals surface area contributed by atoms with Gasteiger partial charge in [0, 0.05) is 33.8 Å². The van der Waals surface area contributed by atoms with E-state index in [1.165, 1.54) is 28.7 Å². The van der Waals surface area contributed by atoms with Crippen LogP contribution in [0.3, 0.4) is 0 Å². The number of benzene rings is 2. The Morgan fingerprint density at radius 2 is 2.02 bits per heavy atom. The number of carboxylic acid groups (broad SMARTS) is 1. The van der Waals surface area contributed by atoms with E-state index in [-0.39, 0.29) is 24.0 Å². The first-order chi connectivity index (χ1) is 22.2. The summed E-state index contributed by atoms with van der Waals surface area (Å²) < 4.78 is 21.2. The van der Waals surface area contributed by atoms with Gasteiger partial charge in [0.05, 0.1) is 28.9 Å². The summed E-state index contributed by atoms with van der Waals surface area (Å²) in [5, 5.41) is 15.8. The molecule has 0 radical (unpaired) electrons. The molecular weight excluding hydrogens is 646 g/mol. The molecule has 2 aromatic carbocycles. The van der Waals surface area contributed by atoms with Crippen molar-refractivity contribution in [3.05, 3.63) is 85.8 Å². The van der Waals surface area contributed by atoms with Crippen molar-refractivity contribution in [3.63, 3.8) is 0 Å². The minimum atomic E-state index is -1.10. The number of anilines is 2. The predicted molar refractivity (Wildman–Crippen MR) is 181 cm³/mol. The van der Waals surface area contributed by atoms with Gasteiger partial charge < -0.3 is 14.7 Å². The fraction of sp³-hybridized carbons (Fsp3) is 0.273. The topological polar surface area (TPSA) is 108 Å². The number of ether oxygens (including phenoxy) is 1. The number of halogens is 1. The number of rotatable bonds is 10. The molecule has 6 rings (SSSR count). The van der Waals surface area contributed by atoms with Gasteiger partial charge >= 0.3 is 5.97 Å². The molecule has 1 amide bonds. The molecule has 0 bridgehead atoms. The lowest BCUT2D eigenvalue weighted by molar-refractivity contribution is 0.0690. The van der Waals surface area contributed by atoms with Crippen molar-refractivity contribution in [2.24, 2.45) is 0 Å². The van der Waals surface area contributed by atoms with Crippen molar-refractivity contribution in [2.45, 2.75) is 25.8 Å². The first-order valence-electron chi connectivity index (χ1n) is 14.5. The van der Waals surface area contributed by atoms with Crippen LogP contribution in [0.25, 0.3) is 10.2 Å². The lowest BCUT2D eigenvalue weighted by Gasteiger charge is -2.27. The molecule has 0 atom stereocenters. The van der Waals surface area contributed by atoms with Gasteiger partial charge in [-0.1, -0.05) is 35.3 Å². The van der Waals surface area contributed by atoms with Gasteiger partial charge in [0.15, 0.2) is 27.5 Å². The number of para-hydroxylation sites is 1. The highest BCUT2D eigenvalue weighted by Gasteiger charge is 2.28. The third kappa shape index (κ3) is 7.21. The molecule has 2 N–H and O–H groups in total. The molecule has 0 aliphatic carbocycles. The smallest absolute Gasteiger partial charge is 0.355 e. The number of nitrogens with zero attached hydrogens (tertiary/aromatic N) is 4. The summed E-state index contributed by atoms with van der Waals surface area (Å²) in [7, 11) is 3.83. The maximum absolute atomic E-state index is 14.6. The summed E-state index contributed by atoms with van der Waals surface area (Å²) in [6.45, 7) is 1.90. The zero-order valence-corrected chi connectivity index (χ0v) is 27.6. The second kappa shape index (κ2) is 14.0. The molecule has 0 saturated heterocycles. The number of thiazole rings is 2. The van der Waals surface area contributed by atoms with E-state index in [1.54, 1.807) is 23.5 Å². The second-order valence-corrected chi connectivity index (χ2v) is 13.9. The number of carbonyl (C=O) groups is 2. The number of hydrogen-bond donors (Lipinski definition) is 2. The zero-order valence-electron chi connectivity index (χ0n) is 25.1. The molecule has 4 heterocycles. The number of nitrogens with one attached hydrogen (secondary N) is 1. The van der Waals surface area contributed by atoms with Crippen molar-refractivity contribution in [2.75, 3.05) is 44.0 Å². The van der Waals surface area contributed by atoms with Gasteiger partial charge in [0.1, 0.15) is 0 Å². The molecule has 3 aromatic heterocycles. The van der Waals surface area contributed by atoms with Gasteiger partial charge in [-0.15, -0.1) is 22.7 Å². The molecule has 5 aromatic rings. The molecule has 1 aliphatic heterocycles. The number of aromatic nitrogens is 2. The normalized spacial score (nSPS) is 12.6. The Kier molecular flexibility index (Phi) is 9.60. The summed E-state index contributed by atoms with van der Waals surface area (Å²) in [5.74, 6) is 4.23. The van der Waals surface area contributed by atoms with Crippen LogP contribution >= 0.6 is 34.0 Å². The molecule has 0 saturated carbocycles. The number of carbonyl (C=O) groups excluding carboxylic acids is 1. The van der Waals surface area contributed by atoms with Crippen LogP contribution in [0.4, 0.5) is 14.7 Å². The Labute approximate surface area is 277 Å². The van der Waals surface area contributed by atoms with Crippen molar-refractivity contribution in [3.8, 4) is 17.6 Å².